The van der Waals surface area contributed by atoms with E-state index in [1.54, 1.807) is 0 Å². The Bertz CT molecular complexity index is 654. The van der Waals surface area contributed by atoms with Crippen LogP contribution in [0, 0.1) is 0 Å². The van der Waals surface area contributed by atoms with E-state index in [-0.39, 0.29) is 12.8 Å². The van der Waals surface area contributed by atoms with Gasteiger partial charge in [0, 0.05) is 12.5 Å². The third-order valence-corrected chi connectivity index (χ3v) is 4.47. The summed E-state index contributed by atoms with van der Waals surface area (Å²) in [6.07, 6.45) is -1.72. The zero-order chi connectivity index (χ0) is 16.9. The summed E-state index contributed by atoms with van der Waals surface area (Å²) in [6.45, 7) is 0. The maximum atomic E-state index is 12.4. The smallest absolute Gasteiger partial charge is 0.478 e. The number of carboxylic acids is 1. The molecular weight excluding hydrogens is 335 g/mol. The van der Waals surface area contributed by atoms with Gasteiger partial charge in [-0.2, -0.15) is 21.6 Å². The van der Waals surface area contributed by atoms with E-state index in [9.17, 15) is 31.2 Å². The van der Waals surface area contributed by atoms with E-state index in [0.29, 0.717) is 0 Å². The molecule has 2 atom stereocenters. The quantitative estimate of drug-likeness (QED) is 0.580. The lowest BCUT2D eigenvalue weighted by molar-refractivity contribution is -0.133. The number of nitrogens with zero attached hydrogens (tertiary/aromatic N) is 1. The second-order valence-electron chi connectivity index (χ2n) is 4.77. The monoisotopic (exact) mass is 345 g/mol. The lowest BCUT2D eigenvalue weighted by Crippen LogP contribution is -2.46. The predicted molar refractivity (Wildman–Crippen MR) is 62.0 cm³/mol. The summed E-state index contributed by atoms with van der Waals surface area (Å²) in [5.74, 6) is -2.63. The van der Waals surface area contributed by atoms with Gasteiger partial charge in [0.25, 0.3) is 0 Å². The molecule has 124 valence electrons. The van der Waals surface area contributed by atoms with Gasteiger partial charge < -0.3 is 14.4 Å². The Hall–Kier alpha value is -1.98. The van der Waals surface area contributed by atoms with E-state index in [2.05, 4.69) is 4.18 Å². The average molecular weight is 345 g/mol. The van der Waals surface area contributed by atoms with Crippen molar-refractivity contribution >= 4 is 22.2 Å². The molecule has 0 radical (unpaired) electrons. The molecule has 1 fully saturated rings. The van der Waals surface area contributed by atoms with E-state index in [1.807, 2.05) is 0 Å². The maximum Gasteiger partial charge on any atom is 0.534 e. The van der Waals surface area contributed by atoms with Crippen molar-refractivity contribution in [2.45, 2.75) is 36.9 Å². The van der Waals surface area contributed by atoms with Gasteiger partial charge in [-0.05, 0) is 12.8 Å². The van der Waals surface area contributed by atoms with Gasteiger partial charge >= 0.3 is 27.7 Å². The van der Waals surface area contributed by atoms with Crippen LogP contribution in [0.25, 0.3) is 0 Å². The maximum absolute atomic E-state index is 12.4. The first-order valence-electron chi connectivity index (χ1n) is 5.94. The van der Waals surface area contributed by atoms with Gasteiger partial charge in [-0.15, -0.1) is 0 Å². The standard InChI is InChI=1S/C10H10F3NO7S/c11-10(12,13)22(19,20)21-7-5(8(15)16)3-4-1-2-6(7)14(4)9(17)18/h4,6H,1-3H2,(H,15,16)(H,17,18). The molecule has 0 spiro atoms. The minimum Gasteiger partial charge on any atom is -0.478 e. The van der Waals surface area contributed by atoms with Crippen LogP contribution in [0.15, 0.2) is 11.3 Å². The van der Waals surface area contributed by atoms with Crippen LogP contribution in [0.5, 0.6) is 0 Å². The van der Waals surface area contributed by atoms with Gasteiger partial charge in [0.15, 0.2) is 5.76 Å². The second-order valence-corrected chi connectivity index (χ2v) is 6.31. The Balaban J connectivity index is 2.48. The fraction of sp³-hybridized carbons (Fsp3) is 0.600. The van der Waals surface area contributed by atoms with Crippen LogP contribution in [-0.4, -0.2) is 53.2 Å². The third kappa shape index (κ3) is 2.58. The van der Waals surface area contributed by atoms with Crippen molar-refractivity contribution in [3.05, 3.63) is 11.3 Å². The van der Waals surface area contributed by atoms with E-state index in [0.717, 1.165) is 4.90 Å². The van der Waals surface area contributed by atoms with E-state index in [4.69, 9.17) is 10.2 Å². The zero-order valence-corrected chi connectivity index (χ0v) is 11.5. The molecule has 1 saturated heterocycles. The number of fused-ring (bicyclic) bond motifs is 2. The van der Waals surface area contributed by atoms with E-state index in [1.165, 1.54) is 0 Å². The Kier molecular flexibility index (Phi) is 3.75. The first-order chi connectivity index (χ1) is 9.95. The Morgan fingerprint density at radius 2 is 1.82 bits per heavy atom. The van der Waals surface area contributed by atoms with Gasteiger partial charge in [-0.1, -0.05) is 0 Å². The molecule has 0 aromatic carbocycles. The van der Waals surface area contributed by atoms with Crippen LogP contribution in [0.3, 0.4) is 0 Å². The van der Waals surface area contributed by atoms with Gasteiger partial charge in [-0.3, -0.25) is 4.90 Å². The summed E-state index contributed by atoms with van der Waals surface area (Å²) >= 11 is 0. The number of hydrogen-bond acceptors (Lipinski definition) is 5. The number of aliphatic carboxylic acids is 1. The fourth-order valence-electron chi connectivity index (χ4n) is 2.63. The number of rotatable bonds is 3. The number of hydrogen-bond donors (Lipinski definition) is 2. The number of alkyl halides is 3. The fourth-order valence-corrected chi connectivity index (χ4v) is 3.17. The molecule has 12 heteroatoms. The molecule has 2 N–H and O–H groups in total. The number of halogens is 3. The highest BCUT2D eigenvalue weighted by Gasteiger charge is 2.53. The van der Waals surface area contributed by atoms with Crippen LogP contribution in [0.2, 0.25) is 0 Å². The minimum atomic E-state index is -6.08. The lowest BCUT2D eigenvalue weighted by Gasteiger charge is -2.33. The normalized spacial score (nSPS) is 25.3. The van der Waals surface area contributed by atoms with Gasteiger partial charge in [0.05, 0.1) is 11.6 Å². The molecular formula is C10H10F3NO7S. The van der Waals surface area contributed by atoms with Gasteiger partial charge in [0.1, 0.15) is 0 Å². The van der Waals surface area contributed by atoms with Crippen molar-refractivity contribution in [3.8, 4) is 0 Å². The Morgan fingerprint density at radius 3 is 2.27 bits per heavy atom. The van der Waals surface area contributed by atoms with Crippen molar-refractivity contribution < 1.29 is 45.6 Å². The predicted octanol–water partition coefficient (Wildman–Crippen LogP) is 1.11. The highest BCUT2D eigenvalue weighted by Crippen LogP contribution is 2.41. The SMILES string of the molecule is O=C(O)C1=C(OS(=O)(=O)C(F)(F)F)C2CCC(C1)N2C(=O)O. The molecule has 0 aromatic rings. The summed E-state index contributed by atoms with van der Waals surface area (Å²) in [7, 11) is -6.08. The highest BCUT2D eigenvalue weighted by atomic mass is 32.2. The van der Waals surface area contributed by atoms with Crippen LogP contribution in [0.1, 0.15) is 19.3 Å². The number of amides is 1. The van der Waals surface area contributed by atoms with Crippen LogP contribution >= 0.6 is 0 Å². The molecule has 2 bridgehead atoms. The van der Waals surface area contributed by atoms with Crippen LogP contribution < -0.4 is 0 Å². The minimum absolute atomic E-state index is 0.0174. The second kappa shape index (κ2) is 5.04. The third-order valence-electron chi connectivity index (χ3n) is 3.50. The van der Waals surface area contributed by atoms with E-state index >= 15 is 0 Å². The molecule has 2 rings (SSSR count). The molecule has 2 aliphatic heterocycles. The molecule has 0 saturated carbocycles. The molecule has 0 aromatic heterocycles. The molecule has 2 unspecified atom stereocenters. The summed E-state index contributed by atoms with van der Waals surface area (Å²) in [5, 5.41) is 18.1. The molecule has 1 amide bonds. The average Bonchev–Trinajstić information content (AvgIpc) is 2.67. The van der Waals surface area contributed by atoms with Crippen molar-refractivity contribution in [2.75, 3.05) is 0 Å². The molecule has 0 aliphatic carbocycles. The lowest BCUT2D eigenvalue weighted by atomic mass is 10.0. The van der Waals surface area contributed by atoms with Gasteiger partial charge in [0.2, 0.25) is 0 Å². The summed E-state index contributed by atoms with van der Waals surface area (Å²) in [4.78, 5) is 23.0. The van der Waals surface area contributed by atoms with Crippen LogP contribution in [-0.2, 0) is 19.1 Å². The highest BCUT2D eigenvalue weighted by molar-refractivity contribution is 7.87. The first-order valence-corrected chi connectivity index (χ1v) is 7.35. The molecule has 2 heterocycles. The zero-order valence-electron chi connectivity index (χ0n) is 10.7. The van der Waals surface area contributed by atoms with Gasteiger partial charge in [-0.25, -0.2) is 9.59 Å². The largest absolute Gasteiger partial charge is 0.534 e. The van der Waals surface area contributed by atoms with Crippen molar-refractivity contribution in [1.29, 1.82) is 0 Å². The Labute approximate surface area is 121 Å². The topological polar surface area (TPSA) is 121 Å². The molecule has 2 aliphatic rings. The summed E-state index contributed by atoms with van der Waals surface area (Å²) in [5.41, 5.74) is -6.40. The van der Waals surface area contributed by atoms with Crippen LogP contribution in [0.4, 0.5) is 18.0 Å². The summed E-state index contributed by atoms with van der Waals surface area (Å²) < 4.78 is 63.4. The molecule has 22 heavy (non-hydrogen) atoms. The number of carboxylic acid groups (broad SMARTS) is 2. The molecule has 8 nitrogen and oxygen atoms in total. The van der Waals surface area contributed by atoms with Crippen molar-refractivity contribution in [2.24, 2.45) is 0 Å². The summed E-state index contributed by atoms with van der Waals surface area (Å²) in [6, 6.07) is -2.09. The number of carbonyl (C=O) groups is 2. The van der Waals surface area contributed by atoms with Crippen molar-refractivity contribution in [1.82, 2.24) is 4.90 Å². The first kappa shape index (κ1) is 16.4. The van der Waals surface area contributed by atoms with Crippen molar-refractivity contribution in [3.63, 3.8) is 0 Å². The Morgan fingerprint density at radius 1 is 1.23 bits per heavy atom. The van der Waals surface area contributed by atoms with E-state index < -0.39 is 57.5 Å².